The standard InChI is InChI=1S/C16H22ClNO2/c1-4-5-6-14(11-19)18-15(20)16(2,3)12-7-9-13(17)10-8-12/h7-11,14H,4-6H2,1-3H3,(H,18,20)/t14-/m0/s1. The highest BCUT2D eigenvalue weighted by Crippen LogP contribution is 2.25. The summed E-state index contributed by atoms with van der Waals surface area (Å²) < 4.78 is 0. The summed E-state index contributed by atoms with van der Waals surface area (Å²) in [5, 5.41) is 3.45. The summed E-state index contributed by atoms with van der Waals surface area (Å²) in [4.78, 5) is 23.4. The number of hydrogen-bond acceptors (Lipinski definition) is 2. The molecule has 1 rings (SSSR count). The highest BCUT2D eigenvalue weighted by Gasteiger charge is 2.30. The van der Waals surface area contributed by atoms with Gasteiger partial charge in [0, 0.05) is 5.02 Å². The Morgan fingerprint density at radius 3 is 2.45 bits per heavy atom. The van der Waals surface area contributed by atoms with E-state index in [1.807, 2.05) is 26.0 Å². The van der Waals surface area contributed by atoms with Crippen LogP contribution in [0.25, 0.3) is 0 Å². The Bertz CT molecular complexity index is 454. The normalized spacial score (nSPS) is 12.8. The second-order valence-corrected chi connectivity index (χ2v) is 5.93. The van der Waals surface area contributed by atoms with Crippen LogP contribution in [0.15, 0.2) is 24.3 Å². The van der Waals surface area contributed by atoms with Gasteiger partial charge in [0.05, 0.1) is 11.5 Å². The molecule has 0 aliphatic rings. The quantitative estimate of drug-likeness (QED) is 0.783. The van der Waals surface area contributed by atoms with Gasteiger partial charge in [-0.3, -0.25) is 4.79 Å². The van der Waals surface area contributed by atoms with Crippen LogP contribution >= 0.6 is 11.6 Å². The molecular weight excluding hydrogens is 274 g/mol. The monoisotopic (exact) mass is 295 g/mol. The van der Waals surface area contributed by atoms with E-state index in [1.165, 1.54) is 0 Å². The highest BCUT2D eigenvalue weighted by atomic mass is 35.5. The van der Waals surface area contributed by atoms with Crippen molar-refractivity contribution in [2.75, 3.05) is 0 Å². The third kappa shape index (κ3) is 4.34. The predicted octanol–water partition coefficient (Wildman–Crippen LogP) is 3.49. The molecule has 0 saturated heterocycles. The lowest BCUT2D eigenvalue weighted by Crippen LogP contribution is -2.45. The second-order valence-electron chi connectivity index (χ2n) is 5.49. The molecular formula is C16H22ClNO2. The molecule has 0 radical (unpaired) electrons. The van der Waals surface area contributed by atoms with Crippen LogP contribution in [-0.2, 0) is 15.0 Å². The summed E-state index contributed by atoms with van der Waals surface area (Å²) in [6.07, 6.45) is 3.42. The third-order valence-electron chi connectivity index (χ3n) is 3.48. The van der Waals surface area contributed by atoms with Crippen molar-refractivity contribution in [1.29, 1.82) is 0 Å². The van der Waals surface area contributed by atoms with Crippen LogP contribution in [0.1, 0.15) is 45.6 Å². The van der Waals surface area contributed by atoms with Crippen LogP contribution in [0.4, 0.5) is 0 Å². The Morgan fingerprint density at radius 2 is 1.95 bits per heavy atom. The van der Waals surface area contributed by atoms with Gasteiger partial charge in [-0.25, -0.2) is 0 Å². The van der Waals surface area contributed by atoms with Gasteiger partial charge >= 0.3 is 0 Å². The maximum atomic E-state index is 12.4. The number of nitrogens with one attached hydrogen (secondary N) is 1. The molecule has 110 valence electrons. The minimum absolute atomic E-state index is 0.145. The molecule has 0 aliphatic heterocycles. The molecule has 20 heavy (non-hydrogen) atoms. The highest BCUT2D eigenvalue weighted by molar-refractivity contribution is 6.30. The lowest BCUT2D eigenvalue weighted by atomic mass is 9.83. The number of aldehydes is 1. The Morgan fingerprint density at radius 1 is 1.35 bits per heavy atom. The van der Waals surface area contributed by atoms with E-state index in [9.17, 15) is 9.59 Å². The van der Waals surface area contributed by atoms with Crippen molar-refractivity contribution in [3.05, 3.63) is 34.9 Å². The molecule has 0 aliphatic carbocycles. The van der Waals surface area contributed by atoms with E-state index < -0.39 is 11.5 Å². The van der Waals surface area contributed by atoms with Crippen LogP contribution in [0, 0.1) is 0 Å². The van der Waals surface area contributed by atoms with Gasteiger partial charge < -0.3 is 10.1 Å². The van der Waals surface area contributed by atoms with Crippen molar-refractivity contribution in [3.8, 4) is 0 Å². The number of benzene rings is 1. The topological polar surface area (TPSA) is 46.2 Å². The summed E-state index contributed by atoms with van der Waals surface area (Å²) in [6, 6.07) is 6.79. The molecule has 1 aromatic carbocycles. The second kappa shape index (κ2) is 7.44. The summed E-state index contributed by atoms with van der Waals surface area (Å²) in [6.45, 7) is 5.74. The predicted molar refractivity (Wildman–Crippen MR) is 82.0 cm³/mol. The van der Waals surface area contributed by atoms with E-state index in [2.05, 4.69) is 12.2 Å². The van der Waals surface area contributed by atoms with Gasteiger partial charge in [-0.05, 0) is 38.0 Å². The number of rotatable bonds is 7. The van der Waals surface area contributed by atoms with Gasteiger partial charge in [0.1, 0.15) is 6.29 Å². The SMILES string of the molecule is CCCC[C@@H](C=O)NC(=O)C(C)(C)c1ccc(Cl)cc1. The van der Waals surface area contributed by atoms with Crippen molar-refractivity contribution in [2.24, 2.45) is 0 Å². The lowest BCUT2D eigenvalue weighted by Gasteiger charge is -2.26. The van der Waals surface area contributed by atoms with Crippen molar-refractivity contribution in [2.45, 2.75) is 51.5 Å². The first-order chi connectivity index (χ1) is 9.41. The fourth-order valence-corrected chi connectivity index (χ4v) is 2.07. The number of hydrogen-bond donors (Lipinski definition) is 1. The molecule has 0 saturated carbocycles. The molecule has 0 aromatic heterocycles. The summed E-state index contributed by atoms with van der Waals surface area (Å²) in [7, 11) is 0. The van der Waals surface area contributed by atoms with Crippen molar-refractivity contribution in [1.82, 2.24) is 5.32 Å². The van der Waals surface area contributed by atoms with E-state index in [0.717, 1.165) is 24.7 Å². The van der Waals surface area contributed by atoms with Crippen LogP contribution in [0.5, 0.6) is 0 Å². The zero-order chi connectivity index (χ0) is 15.2. The van der Waals surface area contributed by atoms with Crippen molar-refractivity contribution < 1.29 is 9.59 Å². The summed E-state index contributed by atoms with van der Waals surface area (Å²) in [5.41, 5.74) is 0.178. The number of carbonyl (C=O) groups is 2. The third-order valence-corrected chi connectivity index (χ3v) is 3.73. The number of amides is 1. The molecule has 0 spiro atoms. The van der Waals surface area contributed by atoms with Gasteiger partial charge in [-0.1, -0.05) is 43.5 Å². The summed E-state index contributed by atoms with van der Waals surface area (Å²) in [5.74, 6) is -0.145. The van der Waals surface area contributed by atoms with Gasteiger partial charge in [0.25, 0.3) is 0 Å². The molecule has 1 N–H and O–H groups in total. The fraction of sp³-hybridized carbons (Fsp3) is 0.500. The van der Waals surface area contributed by atoms with E-state index in [-0.39, 0.29) is 5.91 Å². The zero-order valence-electron chi connectivity index (χ0n) is 12.3. The molecule has 0 fully saturated rings. The maximum absolute atomic E-state index is 12.4. The minimum Gasteiger partial charge on any atom is -0.346 e. The van der Waals surface area contributed by atoms with Crippen molar-refractivity contribution in [3.63, 3.8) is 0 Å². The Kier molecular flexibility index (Phi) is 6.21. The smallest absolute Gasteiger partial charge is 0.230 e. The van der Waals surface area contributed by atoms with Crippen LogP contribution in [0.2, 0.25) is 5.02 Å². The Hall–Kier alpha value is -1.35. The van der Waals surface area contributed by atoms with E-state index in [4.69, 9.17) is 11.6 Å². The van der Waals surface area contributed by atoms with Gasteiger partial charge in [0.15, 0.2) is 0 Å². The molecule has 0 unspecified atom stereocenters. The minimum atomic E-state index is -0.696. The maximum Gasteiger partial charge on any atom is 0.230 e. The Balaban J connectivity index is 2.78. The van der Waals surface area contributed by atoms with E-state index >= 15 is 0 Å². The average molecular weight is 296 g/mol. The fourth-order valence-electron chi connectivity index (χ4n) is 1.94. The van der Waals surface area contributed by atoms with Crippen LogP contribution < -0.4 is 5.32 Å². The van der Waals surface area contributed by atoms with Gasteiger partial charge in [0.2, 0.25) is 5.91 Å². The molecule has 4 heteroatoms. The first-order valence-corrected chi connectivity index (χ1v) is 7.32. The van der Waals surface area contributed by atoms with Gasteiger partial charge in [-0.15, -0.1) is 0 Å². The Labute approximate surface area is 125 Å². The van der Waals surface area contributed by atoms with Crippen LogP contribution in [-0.4, -0.2) is 18.2 Å². The van der Waals surface area contributed by atoms with Crippen molar-refractivity contribution >= 4 is 23.8 Å². The van der Waals surface area contributed by atoms with Crippen LogP contribution in [0.3, 0.4) is 0 Å². The molecule has 1 aromatic rings. The van der Waals surface area contributed by atoms with E-state index in [0.29, 0.717) is 11.4 Å². The van der Waals surface area contributed by atoms with E-state index in [1.54, 1.807) is 12.1 Å². The molecule has 1 amide bonds. The molecule has 3 nitrogen and oxygen atoms in total. The average Bonchev–Trinajstić information content (AvgIpc) is 2.43. The van der Waals surface area contributed by atoms with Gasteiger partial charge in [-0.2, -0.15) is 0 Å². The molecule has 0 bridgehead atoms. The number of halogens is 1. The summed E-state index contributed by atoms with van der Waals surface area (Å²) >= 11 is 5.86. The molecule has 1 atom stereocenters. The zero-order valence-corrected chi connectivity index (χ0v) is 13.0. The first-order valence-electron chi connectivity index (χ1n) is 6.94. The molecule has 0 heterocycles. The lowest BCUT2D eigenvalue weighted by molar-refractivity contribution is -0.128. The first kappa shape index (κ1) is 16.7. The number of unbranched alkanes of at least 4 members (excludes halogenated alkanes) is 1. The largest absolute Gasteiger partial charge is 0.346 e. The number of carbonyl (C=O) groups excluding carboxylic acids is 2.